The molecule has 0 aliphatic heterocycles. The lowest BCUT2D eigenvalue weighted by Crippen LogP contribution is -2.29. The molecule has 0 spiro atoms. The smallest absolute Gasteiger partial charge is 0.220 e. The maximum atomic E-state index is 11.9. The summed E-state index contributed by atoms with van der Waals surface area (Å²) in [4.78, 5) is 11.9. The Bertz CT molecular complexity index is 486. The Morgan fingerprint density at radius 3 is 1.90 bits per heavy atom. The number of carbonyl (C=O) groups excluding carboxylic acids is 1. The first kappa shape index (κ1) is 14.3. The second-order valence-electron chi connectivity index (χ2n) is 4.65. The highest BCUT2D eigenvalue weighted by Gasteiger charge is 2.15. The highest BCUT2D eigenvalue weighted by molar-refractivity contribution is 5.77. The predicted octanol–water partition coefficient (Wildman–Crippen LogP) is 2.66. The molecule has 3 nitrogen and oxygen atoms in total. The van der Waals surface area contributed by atoms with Crippen molar-refractivity contribution in [3.63, 3.8) is 0 Å². The van der Waals surface area contributed by atoms with Crippen molar-refractivity contribution in [3.8, 4) is 0 Å². The Labute approximate surface area is 119 Å². The van der Waals surface area contributed by atoms with Crippen LogP contribution in [0.1, 0.15) is 30.0 Å². The number of rotatable bonds is 6. The molecule has 0 fully saturated rings. The van der Waals surface area contributed by atoms with Crippen molar-refractivity contribution in [2.75, 3.05) is 6.61 Å². The van der Waals surface area contributed by atoms with Crippen LogP contribution in [0.5, 0.6) is 0 Å². The molecule has 0 aliphatic carbocycles. The molecule has 104 valence electrons. The average Bonchev–Trinajstić information content (AvgIpc) is 2.52. The molecule has 0 saturated heterocycles. The third-order valence-electron chi connectivity index (χ3n) is 3.13. The quantitative estimate of drug-likeness (QED) is 0.847. The summed E-state index contributed by atoms with van der Waals surface area (Å²) in [7, 11) is 0. The number of nitrogens with one attached hydrogen (secondary N) is 1. The van der Waals surface area contributed by atoms with Crippen LogP contribution in [0.15, 0.2) is 60.7 Å². The number of hydrogen-bond acceptors (Lipinski definition) is 2. The summed E-state index contributed by atoms with van der Waals surface area (Å²) in [6.45, 7) is 0.0365. The largest absolute Gasteiger partial charge is 0.396 e. The lowest BCUT2D eigenvalue weighted by atomic mass is 9.98. The zero-order valence-electron chi connectivity index (χ0n) is 11.3. The van der Waals surface area contributed by atoms with Gasteiger partial charge in [0, 0.05) is 13.0 Å². The summed E-state index contributed by atoms with van der Waals surface area (Å²) in [5, 5.41) is 11.8. The van der Waals surface area contributed by atoms with Crippen LogP contribution in [0, 0.1) is 0 Å². The van der Waals surface area contributed by atoms with Gasteiger partial charge in [-0.3, -0.25) is 4.79 Å². The number of aliphatic hydroxyl groups excluding tert-OH is 1. The molecular formula is C17H19NO2. The molecule has 2 rings (SSSR count). The molecular weight excluding hydrogens is 250 g/mol. The first-order chi connectivity index (χ1) is 9.81. The molecule has 20 heavy (non-hydrogen) atoms. The monoisotopic (exact) mass is 269 g/mol. The van der Waals surface area contributed by atoms with Gasteiger partial charge < -0.3 is 10.4 Å². The van der Waals surface area contributed by atoms with Crippen LogP contribution in [-0.2, 0) is 4.79 Å². The predicted molar refractivity (Wildman–Crippen MR) is 79.2 cm³/mol. The summed E-state index contributed by atoms with van der Waals surface area (Å²) < 4.78 is 0. The van der Waals surface area contributed by atoms with E-state index in [0.29, 0.717) is 12.8 Å². The van der Waals surface area contributed by atoms with Crippen LogP contribution < -0.4 is 5.32 Å². The second kappa shape index (κ2) is 7.46. The first-order valence-corrected chi connectivity index (χ1v) is 6.81. The third kappa shape index (κ3) is 3.93. The molecule has 0 atom stereocenters. The Kier molecular flexibility index (Phi) is 5.33. The molecule has 0 bridgehead atoms. The molecule has 0 radical (unpaired) electrons. The molecule has 0 aliphatic rings. The lowest BCUT2D eigenvalue weighted by molar-refractivity contribution is -0.121. The molecule has 0 unspecified atom stereocenters. The fourth-order valence-corrected chi connectivity index (χ4v) is 2.12. The van der Waals surface area contributed by atoms with E-state index < -0.39 is 0 Å². The molecule has 0 saturated carbocycles. The average molecular weight is 269 g/mol. The van der Waals surface area contributed by atoms with Gasteiger partial charge in [0.05, 0.1) is 6.04 Å². The summed E-state index contributed by atoms with van der Waals surface area (Å²) in [5.74, 6) is -0.0447. The Hall–Kier alpha value is -2.13. The van der Waals surface area contributed by atoms with Gasteiger partial charge in [0.25, 0.3) is 0 Å². The van der Waals surface area contributed by atoms with E-state index >= 15 is 0 Å². The number of hydrogen-bond donors (Lipinski definition) is 2. The van der Waals surface area contributed by atoms with Crippen LogP contribution in [0.4, 0.5) is 0 Å². The maximum Gasteiger partial charge on any atom is 0.220 e. The molecule has 0 aromatic heterocycles. The lowest BCUT2D eigenvalue weighted by Gasteiger charge is -2.19. The van der Waals surface area contributed by atoms with E-state index in [2.05, 4.69) is 5.32 Å². The van der Waals surface area contributed by atoms with Gasteiger partial charge in [0.15, 0.2) is 0 Å². The van der Waals surface area contributed by atoms with E-state index in [4.69, 9.17) is 5.11 Å². The van der Waals surface area contributed by atoms with E-state index in [1.54, 1.807) is 0 Å². The van der Waals surface area contributed by atoms with Crippen LogP contribution in [0.25, 0.3) is 0 Å². The Balaban J connectivity index is 2.19. The fourth-order valence-electron chi connectivity index (χ4n) is 2.12. The van der Waals surface area contributed by atoms with E-state index in [1.807, 2.05) is 60.7 Å². The molecule has 0 heterocycles. The highest BCUT2D eigenvalue weighted by Crippen LogP contribution is 2.21. The normalized spacial score (nSPS) is 10.5. The van der Waals surface area contributed by atoms with E-state index in [9.17, 15) is 4.79 Å². The molecule has 1 amide bonds. The van der Waals surface area contributed by atoms with Crippen molar-refractivity contribution in [3.05, 3.63) is 71.8 Å². The van der Waals surface area contributed by atoms with E-state index in [1.165, 1.54) is 0 Å². The standard InChI is InChI=1S/C17H19NO2/c19-13-7-12-16(20)18-17(14-8-3-1-4-9-14)15-10-5-2-6-11-15/h1-6,8-11,17,19H,7,12-13H2,(H,18,20). The van der Waals surface area contributed by atoms with Gasteiger partial charge in [-0.05, 0) is 17.5 Å². The van der Waals surface area contributed by atoms with Gasteiger partial charge in [-0.15, -0.1) is 0 Å². The van der Waals surface area contributed by atoms with Crippen molar-refractivity contribution in [2.24, 2.45) is 0 Å². The molecule has 3 heteroatoms. The van der Waals surface area contributed by atoms with Crippen LogP contribution >= 0.6 is 0 Å². The minimum atomic E-state index is -0.149. The van der Waals surface area contributed by atoms with Crippen molar-refractivity contribution in [1.82, 2.24) is 5.32 Å². The van der Waals surface area contributed by atoms with Gasteiger partial charge in [0.1, 0.15) is 0 Å². The SMILES string of the molecule is O=C(CCCO)NC(c1ccccc1)c1ccccc1. The molecule has 2 aromatic carbocycles. The summed E-state index contributed by atoms with van der Waals surface area (Å²) in [6.07, 6.45) is 0.828. The molecule has 2 N–H and O–H groups in total. The number of amides is 1. The maximum absolute atomic E-state index is 11.9. The molecule has 2 aromatic rings. The van der Waals surface area contributed by atoms with Gasteiger partial charge in [0.2, 0.25) is 5.91 Å². The second-order valence-corrected chi connectivity index (χ2v) is 4.65. The van der Waals surface area contributed by atoms with Crippen molar-refractivity contribution < 1.29 is 9.90 Å². The Morgan fingerprint density at radius 2 is 1.45 bits per heavy atom. The van der Waals surface area contributed by atoms with Gasteiger partial charge in [-0.2, -0.15) is 0 Å². The third-order valence-corrected chi connectivity index (χ3v) is 3.13. The highest BCUT2D eigenvalue weighted by atomic mass is 16.3. The number of carbonyl (C=O) groups is 1. The van der Waals surface area contributed by atoms with Crippen molar-refractivity contribution in [2.45, 2.75) is 18.9 Å². The van der Waals surface area contributed by atoms with Gasteiger partial charge >= 0.3 is 0 Å². The van der Waals surface area contributed by atoms with Crippen LogP contribution in [-0.4, -0.2) is 17.6 Å². The summed E-state index contributed by atoms with van der Waals surface area (Å²) in [5.41, 5.74) is 2.10. The van der Waals surface area contributed by atoms with Crippen molar-refractivity contribution in [1.29, 1.82) is 0 Å². The first-order valence-electron chi connectivity index (χ1n) is 6.81. The zero-order chi connectivity index (χ0) is 14.2. The summed E-state index contributed by atoms with van der Waals surface area (Å²) in [6, 6.07) is 19.6. The van der Waals surface area contributed by atoms with E-state index in [-0.39, 0.29) is 18.6 Å². The fraction of sp³-hybridized carbons (Fsp3) is 0.235. The number of benzene rings is 2. The topological polar surface area (TPSA) is 49.3 Å². The van der Waals surface area contributed by atoms with Crippen LogP contribution in [0.3, 0.4) is 0 Å². The van der Waals surface area contributed by atoms with E-state index in [0.717, 1.165) is 11.1 Å². The number of aliphatic hydroxyl groups is 1. The van der Waals surface area contributed by atoms with Crippen molar-refractivity contribution >= 4 is 5.91 Å². The van der Waals surface area contributed by atoms with Crippen LogP contribution in [0.2, 0.25) is 0 Å². The zero-order valence-corrected chi connectivity index (χ0v) is 11.3. The Morgan fingerprint density at radius 1 is 0.950 bits per heavy atom. The minimum absolute atomic E-state index is 0.0365. The minimum Gasteiger partial charge on any atom is -0.396 e. The summed E-state index contributed by atoms with van der Waals surface area (Å²) >= 11 is 0. The van der Waals surface area contributed by atoms with Gasteiger partial charge in [-0.1, -0.05) is 60.7 Å². The van der Waals surface area contributed by atoms with Gasteiger partial charge in [-0.25, -0.2) is 0 Å².